The van der Waals surface area contributed by atoms with Crippen LogP contribution in [0.2, 0.25) is 0 Å². The molecule has 0 aliphatic carbocycles. The fourth-order valence-electron chi connectivity index (χ4n) is 1.79. The SMILES string of the molecule is CC(N)(Cc1ccccc1F)c1cnc(C(F)(F)F)s1. The zero-order valence-electron chi connectivity index (χ0n) is 10.5. The molecule has 0 saturated carbocycles. The van der Waals surface area contributed by atoms with Gasteiger partial charge in [-0.15, -0.1) is 11.3 Å². The summed E-state index contributed by atoms with van der Waals surface area (Å²) in [5.74, 6) is -0.426. The van der Waals surface area contributed by atoms with E-state index in [2.05, 4.69) is 4.98 Å². The standard InChI is InChI=1S/C13H12F4N2S/c1-12(18,6-8-4-2-3-5-9(8)14)10-7-19-11(20-10)13(15,16)17/h2-5,7H,6,18H2,1H3. The Kier molecular flexibility index (Phi) is 3.84. The molecule has 2 N–H and O–H groups in total. The van der Waals surface area contributed by atoms with Gasteiger partial charge in [-0.2, -0.15) is 13.2 Å². The molecular formula is C13H12F4N2S. The second kappa shape index (κ2) is 5.14. The van der Waals surface area contributed by atoms with Crippen LogP contribution in [-0.4, -0.2) is 4.98 Å². The summed E-state index contributed by atoms with van der Waals surface area (Å²) in [7, 11) is 0. The van der Waals surface area contributed by atoms with Gasteiger partial charge in [0, 0.05) is 11.1 Å². The summed E-state index contributed by atoms with van der Waals surface area (Å²) in [5.41, 5.74) is 5.28. The van der Waals surface area contributed by atoms with Crippen molar-refractivity contribution in [1.82, 2.24) is 4.98 Å². The number of hydrogen-bond acceptors (Lipinski definition) is 3. The summed E-state index contributed by atoms with van der Waals surface area (Å²) < 4.78 is 51.2. The van der Waals surface area contributed by atoms with Crippen molar-refractivity contribution in [3.8, 4) is 0 Å². The molecule has 1 aromatic carbocycles. The van der Waals surface area contributed by atoms with Gasteiger partial charge in [0.05, 0.1) is 5.54 Å². The van der Waals surface area contributed by atoms with E-state index in [0.717, 1.165) is 6.20 Å². The first-order valence-electron chi connectivity index (χ1n) is 5.76. The molecule has 7 heteroatoms. The Labute approximate surface area is 117 Å². The highest BCUT2D eigenvalue weighted by atomic mass is 32.1. The van der Waals surface area contributed by atoms with Crippen molar-refractivity contribution in [3.63, 3.8) is 0 Å². The lowest BCUT2D eigenvalue weighted by atomic mass is 9.92. The largest absolute Gasteiger partial charge is 0.443 e. The Bertz CT molecular complexity index is 604. The van der Waals surface area contributed by atoms with E-state index in [1.165, 1.54) is 6.07 Å². The number of nitrogens with zero attached hydrogens (tertiary/aromatic N) is 1. The molecule has 0 fully saturated rings. The minimum absolute atomic E-state index is 0.0964. The van der Waals surface area contributed by atoms with Crippen LogP contribution in [0.4, 0.5) is 17.6 Å². The maximum Gasteiger partial charge on any atom is 0.443 e. The highest BCUT2D eigenvalue weighted by Crippen LogP contribution is 2.36. The van der Waals surface area contributed by atoms with Crippen LogP contribution in [0.25, 0.3) is 0 Å². The lowest BCUT2D eigenvalue weighted by molar-refractivity contribution is -0.137. The molecule has 1 unspecified atom stereocenters. The number of halogens is 4. The quantitative estimate of drug-likeness (QED) is 0.878. The van der Waals surface area contributed by atoms with Gasteiger partial charge in [0.25, 0.3) is 0 Å². The fourth-order valence-corrected chi connectivity index (χ4v) is 2.63. The van der Waals surface area contributed by atoms with Gasteiger partial charge in [-0.25, -0.2) is 9.37 Å². The summed E-state index contributed by atoms with van der Waals surface area (Å²) in [6, 6.07) is 6.05. The molecular weight excluding hydrogens is 292 g/mol. The number of benzene rings is 1. The molecule has 1 atom stereocenters. The maximum atomic E-state index is 13.6. The molecule has 2 rings (SSSR count). The summed E-state index contributed by atoms with van der Waals surface area (Å²) in [6.45, 7) is 1.56. The molecule has 0 aliphatic heterocycles. The zero-order valence-corrected chi connectivity index (χ0v) is 11.4. The van der Waals surface area contributed by atoms with Crippen molar-refractivity contribution >= 4 is 11.3 Å². The van der Waals surface area contributed by atoms with Crippen LogP contribution >= 0.6 is 11.3 Å². The second-order valence-corrected chi connectivity index (χ2v) is 5.74. The van der Waals surface area contributed by atoms with Gasteiger partial charge >= 0.3 is 6.18 Å². The molecule has 0 radical (unpaired) electrons. The van der Waals surface area contributed by atoms with Crippen LogP contribution in [0, 0.1) is 5.82 Å². The minimum atomic E-state index is -4.49. The van der Waals surface area contributed by atoms with Crippen molar-refractivity contribution in [2.75, 3.05) is 0 Å². The first-order valence-corrected chi connectivity index (χ1v) is 6.57. The van der Waals surface area contributed by atoms with Gasteiger partial charge in [-0.05, 0) is 25.0 Å². The van der Waals surface area contributed by atoms with Crippen molar-refractivity contribution in [1.29, 1.82) is 0 Å². The summed E-state index contributed by atoms with van der Waals surface area (Å²) >= 11 is 0.488. The Morgan fingerprint density at radius 2 is 1.90 bits per heavy atom. The topological polar surface area (TPSA) is 38.9 Å². The number of aromatic nitrogens is 1. The lowest BCUT2D eigenvalue weighted by Crippen LogP contribution is -2.34. The van der Waals surface area contributed by atoms with Crippen LogP contribution in [-0.2, 0) is 18.1 Å². The van der Waals surface area contributed by atoms with Crippen molar-refractivity contribution < 1.29 is 17.6 Å². The Hall–Kier alpha value is -1.47. The van der Waals surface area contributed by atoms with Gasteiger partial charge in [0.1, 0.15) is 5.82 Å². The van der Waals surface area contributed by atoms with Gasteiger partial charge in [0.15, 0.2) is 5.01 Å². The van der Waals surface area contributed by atoms with E-state index >= 15 is 0 Å². The summed E-state index contributed by atoms with van der Waals surface area (Å²) in [4.78, 5) is 3.61. The summed E-state index contributed by atoms with van der Waals surface area (Å²) in [5, 5.41) is -0.947. The highest BCUT2D eigenvalue weighted by molar-refractivity contribution is 7.11. The third kappa shape index (κ3) is 3.16. The number of thiazole rings is 1. The predicted octanol–water partition coefficient (Wildman–Crippen LogP) is 3.72. The smallest absolute Gasteiger partial charge is 0.321 e. The lowest BCUT2D eigenvalue weighted by Gasteiger charge is -2.23. The number of alkyl halides is 3. The molecule has 0 saturated heterocycles. The molecule has 1 heterocycles. The van der Waals surface area contributed by atoms with Crippen LogP contribution < -0.4 is 5.73 Å². The third-order valence-electron chi connectivity index (χ3n) is 2.83. The Morgan fingerprint density at radius 3 is 2.45 bits per heavy atom. The second-order valence-electron chi connectivity index (χ2n) is 4.71. The molecule has 0 amide bonds. The molecule has 20 heavy (non-hydrogen) atoms. The van der Waals surface area contributed by atoms with Crippen molar-refractivity contribution in [3.05, 3.63) is 51.7 Å². The third-order valence-corrected chi connectivity index (χ3v) is 4.15. The minimum Gasteiger partial charge on any atom is -0.321 e. The predicted molar refractivity (Wildman–Crippen MR) is 68.8 cm³/mol. The molecule has 0 aliphatic rings. The van der Waals surface area contributed by atoms with E-state index in [0.29, 0.717) is 16.9 Å². The summed E-state index contributed by atoms with van der Waals surface area (Å²) in [6.07, 6.45) is -3.29. The van der Waals surface area contributed by atoms with E-state index in [1.54, 1.807) is 25.1 Å². The first kappa shape index (κ1) is 14.9. The average Bonchev–Trinajstić information content (AvgIpc) is 2.81. The number of hydrogen-bond donors (Lipinski definition) is 1. The molecule has 2 nitrogen and oxygen atoms in total. The molecule has 0 spiro atoms. The Balaban J connectivity index is 2.27. The Morgan fingerprint density at radius 1 is 1.25 bits per heavy atom. The van der Waals surface area contributed by atoms with Crippen LogP contribution in [0.3, 0.4) is 0 Å². The highest BCUT2D eigenvalue weighted by Gasteiger charge is 2.36. The molecule has 1 aromatic heterocycles. The van der Waals surface area contributed by atoms with E-state index in [-0.39, 0.29) is 11.3 Å². The van der Waals surface area contributed by atoms with E-state index in [4.69, 9.17) is 5.73 Å². The fraction of sp³-hybridized carbons (Fsp3) is 0.308. The van der Waals surface area contributed by atoms with Gasteiger partial charge < -0.3 is 5.73 Å². The first-order chi connectivity index (χ1) is 9.20. The normalized spacial score (nSPS) is 15.1. The van der Waals surface area contributed by atoms with Gasteiger partial charge in [0.2, 0.25) is 0 Å². The zero-order chi connectivity index (χ0) is 15.0. The molecule has 0 bridgehead atoms. The number of nitrogens with two attached hydrogens (primary N) is 1. The van der Waals surface area contributed by atoms with Crippen LogP contribution in [0.15, 0.2) is 30.5 Å². The van der Waals surface area contributed by atoms with Gasteiger partial charge in [-0.3, -0.25) is 0 Å². The van der Waals surface area contributed by atoms with E-state index in [9.17, 15) is 17.6 Å². The average molecular weight is 304 g/mol. The van der Waals surface area contributed by atoms with Crippen LogP contribution in [0.5, 0.6) is 0 Å². The van der Waals surface area contributed by atoms with Gasteiger partial charge in [-0.1, -0.05) is 18.2 Å². The monoisotopic (exact) mass is 304 g/mol. The van der Waals surface area contributed by atoms with Crippen molar-refractivity contribution in [2.24, 2.45) is 5.73 Å². The van der Waals surface area contributed by atoms with E-state index < -0.39 is 22.5 Å². The van der Waals surface area contributed by atoms with E-state index in [1.807, 2.05) is 0 Å². The molecule has 108 valence electrons. The van der Waals surface area contributed by atoms with Crippen molar-refractivity contribution in [2.45, 2.75) is 25.1 Å². The number of rotatable bonds is 3. The van der Waals surface area contributed by atoms with Crippen LogP contribution in [0.1, 0.15) is 22.4 Å². The molecule has 2 aromatic rings. The maximum absolute atomic E-state index is 13.6.